The van der Waals surface area contributed by atoms with E-state index >= 15 is 0 Å². The lowest BCUT2D eigenvalue weighted by molar-refractivity contribution is -0.132. The van der Waals surface area contributed by atoms with Gasteiger partial charge in [0.2, 0.25) is 5.91 Å². The molecule has 0 radical (unpaired) electrons. The van der Waals surface area contributed by atoms with Crippen molar-refractivity contribution in [1.29, 1.82) is 0 Å². The number of carbonyl (C=O) groups is 1. The molecule has 1 heterocycles. The quantitative estimate of drug-likeness (QED) is 0.747. The Balaban J connectivity index is 2.58. The number of amides is 1. The Bertz CT molecular complexity index is 340. The number of carbonyl (C=O) groups excluding carboxylic acids is 1. The molecular formula is C10H20N2O3S. The van der Waals surface area contributed by atoms with Crippen LogP contribution in [0.5, 0.6) is 0 Å². The van der Waals surface area contributed by atoms with E-state index in [1.165, 1.54) is 0 Å². The maximum absolute atomic E-state index is 11.9. The van der Waals surface area contributed by atoms with Gasteiger partial charge in [-0.25, -0.2) is 8.42 Å². The predicted octanol–water partition coefficient (Wildman–Crippen LogP) is -0.239. The number of nitrogens with zero attached hydrogens (tertiary/aromatic N) is 1. The van der Waals surface area contributed by atoms with Crippen LogP contribution in [0.3, 0.4) is 0 Å². The Morgan fingerprint density at radius 3 is 2.69 bits per heavy atom. The van der Waals surface area contributed by atoms with Gasteiger partial charge in [0.15, 0.2) is 9.84 Å². The highest BCUT2D eigenvalue weighted by Gasteiger charge is 2.25. The summed E-state index contributed by atoms with van der Waals surface area (Å²) in [6.07, 6.45) is 2.04. The molecule has 0 aromatic rings. The summed E-state index contributed by atoms with van der Waals surface area (Å²) in [7, 11) is -2.96. The van der Waals surface area contributed by atoms with E-state index in [2.05, 4.69) is 0 Å². The molecule has 0 aromatic heterocycles. The molecule has 0 saturated carbocycles. The molecule has 0 aromatic carbocycles. The number of sulfone groups is 1. The molecule has 0 bridgehead atoms. The molecule has 1 unspecified atom stereocenters. The molecule has 1 aliphatic rings. The molecule has 1 amide bonds. The zero-order valence-corrected chi connectivity index (χ0v) is 10.5. The lowest BCUT2D eigenvalue weighted by Gasteiger charge is -2.23. The van der Waals surface area contributed by atoms with Crippen LogP contribution in [-0.2, 0) is 14.6 Å². The van der Waals surface area contributed by atoms with Crippen LogP contribution < -0.4 is 5.73 Å². The fraction of sp³-hybridized carbons (Fsp3) is 0.900. The second-order valence-electron chi connectivity index (χ2n) is 4.23. The minimum absolute atomic E-state index is 0.0670. The molecule has 16 heavy (non-hydrogen) atoms. The van der Waals surface area contributed by atoms with E-state index < -0.39 is 15.9 Å². The summed E-state index contributed by atoms with van der Waals surface area (Å²) in [5.41, 5.74) is 5.74. The topological polar surface area (TPSA) is 80.5 Å². The average molecular weight is 248 g/mol. The summed E-state index contributed by atoms with van der Waals surface area (Å²) < 4.78 is 22.7. The van der Waals surface area contributed by atoms with Crippen molar-refractivity contribution in [3.63, 3.8) is 0 Å². The maximum Gasteiger partial charge on any atom is 0.239 e. The van der Waals surface area contributed by atoms with Crippen LogP contribution in [0.25, 0.3) is 0 Å². The fourth-order valence-electron chi connectivity index (χ4n) is 1.83. The van der Waals surface area contributed by atoms with Gasteiger partial charge in [-0.1, -0.05) is 13.3 Å². The summed E-state index contributed by atoms with van der Waals surface area (Å²) in [5.74, 6) is 0.135. The number of nitrogens with two attached hydrogens (primary N) is 1. The van der Waals surface area contributed by atoms with Crippen molar-refractivity contribution in [1.82, 2.24) is 4.90 Å². The molecule has 1 aliphatic heterocycles. The molecule has 0 aliphatic carbocycles. The lowest BCUT2D eigenvalue weighted by Crippen LogP contribution is -2.44. The van der Waals surface area contributed by atoms with Crippen molar-refractivity contribution in [3.8, 4) is 0 Å². The highest BCUT2D eigenvalue weighted by Crippen LogP contribution is 2.07. The standard InChI is InChI=1S/C10H20N2O3S/c1-2-4-9(11)10(13)12-5-3-7-16(14,15)8-6-12/h9H,2-8,11H2,1H3. The Hall–Kier alpha value is -0.620. The first kappa shape index (κ1) is 13.4. The Kier molecular flexibility index (Phi) is 4.73. The SMILES string of the molecule is CCCC(N)C(=O)N1CCCS(=O)(=O)CC1. The second kappa shape index (κ2) is 5.63. The van der Waals surface area contributed by atoms with E-state index in [1.54, 1.807) is 4.90 Å². The zero-order valence-electron chi connectivity index (χ0n) is 9.68. The minimum Gasteiger partial charge on any atom is -0.340 e. The molecule has 1 atom stereocenters. The third kappa shape index (κ3) is 3.75. The normalized spacial score (nSPS) is 22.5. The predicted molar refractivity (Wildman–Crippen MR) is 62.7 cm³/mol. The largest absolute Gasteiger partial charge is 0.340 e. The smallest absolute Gasteiger partial charge is 0.239 e. The van der Waals surface area contributed by atoms with Crippen LogP contribution in [0.15, 0.2) is 0 Å². The van der Waals surface area contributed by atoms with Gasteiger partial charge in [0, 0.05) is 13.1 Å². The molecule has 2 N–H and O–H groups in total. The van der Waals surface area contributed by atoms with Gasteiger partial charge in [0.1, 0.15) is 0 Å². The van der Waals surface area contributed by atoms with E-state index in [1.807, 2.05) is 6.92 Å². The van der Waals surface area contributed by atoms with Crippen LogP contribution in [0.4, 0.5) is 0 Å². The van der Waals surface area contributed by atoms with E-state index in [4.69, 9.17) is 5.73 Å². The van der Waals surface area contributed by atoms with Crippen LogP contribution in [0.2, 0.25) is 0 Å². The average Bonchev–Trinajstić information content (AvgIpc) is 2.39. The number of rotatable bonds is 3. The van der Waals surface area contributed by atoms with E-state index in [0.717, 1.165) is 6.42 Å². The summed E-state index contributed by atoms with van der Waals surface area (Å²) in [5, 5.41) is 0. The van der Waals surface area contributed by atoms with Crippen LogP contribution in [0, 0.1) is 0 Å². The molecule has 1 fully saturated rings. The van der Waals surface area contributed by atoms with Crippen molar-refractivity contribution >= 4 is 15.7 Å². The van der Waals surface area contributed by atoms with Crippen molar-refractivity contribution < 1.29 is 13.2 Å². The second-order valence-corrected chi connectivity index (χ2v) is 6.53. The van der Waals surface area contributed by atoms with Crippen LogP contribution in [-0.4, -0.2) is 49.9 Å². The van der Waals surface area contributed by atoms with Gasteiger partial charge < -0.3 is 10.6 Å². The van der Waals surface area contributed by atoms with Gasteiger partial charge >= 0.3 is 0 Å². The summed E-state index contributed by atoms with van der Waals surface area (Å²) >= 11 is 0. The number of hydrogen-bond acceptors (Lipinski definition) is 4. The van der Waals surface area contributed by atoms with E-state index in [9.17, 15) is 13.2 Å². The van der Waals surface area contributed by atoms with E-state index in [0.29, 0.717) is 25.9 Å². The Morgan fingerprint density at radius 2 is 2.06 bits per heavy atom. The lowest BCUT2D eigenvalue weighted by atomic mass is 10.1. The van der Waals surface area contributed by atoms with Crippen molar-refractivity contribution in [2.75, 3.05) is 24.6 Å². The van der Waals surface area contributed by atoms with Crippen molar-refractivity contribution in [2.45, 2.75) is 32.2 Å². The van der Waals surface area contributed by atoms with Gasteiger partial charge in [0.05, 0.1) is 17.5 Å². The Labute approximate surface area is 96.9 Å². The van der Waals surface area contributed by atoms with Crippen molar-refractivity contribution in [3.05, 3.63) is 0 Å². The third-order valence-electron chi connectivity index (χ3n) is 2.78. The third-order valence-corrected chi connectivity index (χ3v) is 4.50. The van der Waals surface area contributed by atoms with Gasteiger partial charge in [-0.05, 0) is 12.8 Å². The first-order chi connectivity index (χ1) is 7.46. The van der Waals surface area contributed by atoms with Gasteiger partial charge in [-0.2, -0.15) is 0 Å². The molecule has 1 saturated heterocycles. The first-order valence-electron chi connectivity index (χ1n) is 5.71. The first-order valence-corrected chi connectivity index (χ1v) is 7.53. The summed E-state index contributed by atoms with van der Waals surface area (Å²) in [4.78, 5) is 13.4. The zero-order chi connectivity index (χ0) is 12.2. The molecule has 6 heteroatoms. The fourth-order valence-corrected chi connectivity index (χ4v) is 3.10. The molecule has 0 spiro atoms. The monoisotopic (exact) mass is 248 g/mol. The molecule has 94 valence electrons. The highest BCUT2D eigenvalue weighted by atomic mass is 32.2. The maximum atomic E-state index is 11.9. The van der Waals surface area contributed by atoms with Gasteiger partial charge in [-0.15, -0.1) is 0 Å². The Morgan fingerprint density at radius 1 is 1.38 bits per heavy atom. The molecule has 1 rings (SSSR count). The van der Waals surface area contributed by atoms with Crippen LogP contribution >= 0.6 is 0 Å². The summed E-state index contributed by atoms with van der Waals surface area (Å²) in [6, 6.07) is -0.481. The van der Waals surface area contributed by atoms with Crippen LogP contribution in [0.1, 0.15) is 26.2 Å². The van der Waals surface area contributed by atoms with Gasteiger partial charge in [-0.3, -0.25) is 4.79 Å². The molecular weight excluding hydrogens is 228 g/mol. The van der Waals surface area contributed by atoms with Crippen molar-refractivity contribution in [2.24, 2.45) is 5.73 Å². The summed E-state index contributed by atoms with van der Waals surface area (Å²) in [6.45, 7) is 2.77. The highest BCUT2D eigenvalue weighted by molar-refractivity contribution is 7.91. The number of hydrogen-bond donors (Lipinski definition) is 1. The molecule has 5 nitrogen and oxygen atoms in total. The van der Waals surface area contributed by atoms with E-state index in [-0.39, 0.29) is 17.4 Å². The minimum atomic E-state index is -2.96. The van der Waals surface area contributed by atoms with Gasteiger partial charge in [0.25, 0.3) is 0 Å².